The molecule has 0 spiro atoms. The molecule has 0 saturated carbocycles. The number of carbonyl (C=O) groups is 1. The van der Waals surface area contributed by atoms with E-state index in [0.717, 1.165) is 5.56 Å². The first-order chi connectivity index (χ1) is 15.5. The van der Waals surface area contributed by atoms with E-state index in [9.17, 15) is 14.9 Å². The molecular formula is C22H18N6O4. The Balaban J connectivity index is 1.43. The van der Waals surface area contributed by atoms with Crippen LogP contribution in [-0.4, -0.2) is 30.8 Å². The van der Waals surface area contributed by atoms with Gasteiger partial charge in [-0.1, -0.05) is 41.6 Å². The first-order valence-electron chi connectivity index (χ1n) is 9.62. The first kappa shape index (κ1) is 20.7. The van der Waals surface area contributed by atoms with Gasteiger partial charge in [-0.2, -0.15) is 0 Å². The molecule has 2 heterocycles. The summed E-state index contributed by atoms with van der Waals surface area (Å²) >= 11 is 0. The number of hydrogen-bond donors (Lipinski definition) is 1. The third-order valence-corrected chi connectivity index (χ3v) is 4.62. The topological polar surface area (TPSA) is 125 Å². The van der Waals surface area contributed by atoms with E-state index in [1.807, 2.05) is 30.3 Å². The van der Waals surface area contributed by atoms with Crippen LogP contribution in [0.3, 0.4) is 0 Å². The van der Waals surface area contributed by atoms with E-state index >= 15 is 0 Å². The number of non-ortho nitro benzene ring substituents is 1. The Morgan fingerprint density at radius 3 is 2.66 bits per heavy atom. The molecule has 0 aliphatic rings. The maximum Gasteiger partial charge on any atom is 0.278 e. The molecule has 32 heavy (non-hydrogen) atoms. The third kappa shape index (κ3) is 4.59. The fourth-order valence-electron chi connectivity index (χ4n) is 2.98. The zero-order valence-corrected chi connectivity index (χ0v) is 17.0. The third-order valence-electron chi connectivity index (χ3n) is 4.62. The van der Waals surface area contributed by atoms with Gasteiger partial charge in [0.2, 0.25) is 5.88 Å². The van der Waals surface area contributed by atoms with Gasteiger partial charge in [0, 0.05) is 18.2 Å². The summed E-state index contributed by atoms with van der Waals surface area (Å²) in [5.74, 6) is -0.0430. The van der Waals surface area contributed by atoms with Crippen LogP contribution in [0.4, 0.5) is 11.4 Å². The summed E-state index contributed by atoms with van der Waals surface area (Å²) in [6, 6.07) is 19.0. The highest BCUT2D eigenvalue weighted by Crippen LogP contribution is 2.19. The van der Waals surface area contributed by atoms with Gasteiger partial charge >= 0.3 is 0 Å². The Morgan fingerprint density at radius 1 is 1.12 bits per heavy atom. The molecule has 4 aromatic rings. The van der Waals surface area contributed by atoms with Gasteiger partial charge in [0.1, 0.15) is 6.61 Å². The molecule has 0 atom stereocenters. The molecule has 0 aliphatic heterocycles. The van der Waals surface area contributed by atoms with E-state index in [0.29, 0.717) is 29.6 Å². The van der Waals surface area contributed by atoms with Crippen LogP contribution >= 0.6 is 0 Å². The zero-order chi connectivity index (χ0) is 22.5. The highest BCUT2D eigenvalue weighted by atomic mass is 16.6. The summed E-state index contributed by atoms with van der Waals surface area (Å²) in [5.41, 5.74) is 2.38. The Labute approximate surface area is 182 Å². The average molecular weight is 430 g/mol. The molecule has 0 aliphatic carbocycles. The van der Waals surface area contributed by atoms with Gasteiger partial charge in [-0.3, -0.25) is 14.9 Å². The van der Waals surface area contributed by atoms with Crippen molar-refractivity contribution >= 4 is 17.3 Å². The lowest BCUT2D eigenvalue weighted by molar-refractivity contribution is -0.384. The van der Waals surface area contributed by atoms with Gasteiger partial charge in [-0.25, -0.2) is 9.67 Å². The van der Waals surface area contributed by atoms with Crippen LogP contribution in [0.15, 0.2) is 72.9 Å². The van der Waals surface area contributed by atoms with Gasteiger partial charge in [0.15, 0.2) is 5.69 Å². The van der Waals surface area contributed by atoms with Crippen molar-refractivity contribution < 1.29 is 14.5 Å². The summed E-state index contributed by atoms with van der Waals surface area (Å²) in [4.78, 5) is 27.4. The van der Waals surface area contributed by atoms with Crippen molar-refractivity contribution in [3.63, 3.8) is 0 Å². The molecule has 10 nitrogen and oxygen atoms in total. The van der Waals surface area contributed by atoms with E-state index in [-0.39, 0.29) is 11.4 Å². The van der Waals surface area contributed by atoms with Gasteiger partial charge in [-0.05, 0) is 24.6 Å². The molecule has 4 rings (SSSR count). The van der Waals surface area contributed by atoms with Crippen LogP contribution in [0, 0.1) is 17.0 Å². The number of nitrogens with one attached hydrogen (secondary N) is 1. The van der Waals surface area contributed by atoms with Crippen molar-refractivity contribution in [2.24, 2.45) is 0 Å². The number of nitro benzene ring substituents is 1. The quantitative estimate of drug-likeness (QED) is 0.350. The number of carbonyl (C=O) groups excluding carboxylic acids is 1. The Kier molecular flexibility index (Phi) is 5.84. The lowest BCUT2D eigenvalue weighted by Gasteiger charge is -2.07. The number of pyridine rings is 1. The number of benzene rings is 2. The number of nitro groups is 1. The Bertz CT molecular complexity index is 1260. The SMILES string of the molecule is Cc1c(C(=O)Nc2ccc(OCc3ccccc3)nc2)nnn1-c1cccc([N+](=O)[O-])c1. The summed E-state index contributed by atoms with van der Waals surface area (Å²) in [7, 11) is 0. The van der Waals surface area contributed by atoms with Crippen molar-refractivity contribution in [2.45, 2.75) is 13.5 Å². The van der Waals surface area contributed by atoms with Crippen molar-refractivity contribution in [1.29, 1.82) is 0 Å². The number of amides is 1. The fourth-order valence-corrected chi connectivity index (χ4v) is 2.98. The van der Waals surface area contributed by atoms with Gasteiger partial charge in [0.25, 0.3) is 11.6 Å². The molecule has 0 saturated heterocycles. The lowest BCUT2D eigenvalue weighted by atomic mass is 10.2. The fraction of sp³-hybridized carbons (Fsp3) is 0.0909. The number of nitrogens with zero attached hydrogens (tertiary/aromatic N) is 5. The Morgan fingerprint density at radius 2 is 1.94 bits per heavy atom. The molecule has 0 unspecified atom stereocenters. The number of ether oxygens (including phenoxy) is 1. The minimum absolute atomic E-state index is 0.0796. The van der Waals surface area contributed by atoms with Crippen molar-refractivity contribution in [3.05, 3.63) is 100.0 Å². The minimum Gasteiger partial charge on any atom is -0.473 e. The second kappa shape index (κ2) is 9.04. The number of hydrogen-bond acceptors (Lipinski definition) is 7. The molecule has 2 aromatic heterocycles. The van der Waals surface area contributed by atoms with Crippen LogP contribution in [-0.2, 0) is 6.61 Å². The van der Waals surface area contributed by atoms with Gasteiger partial charge < -0.3 is 10.1 Å². The van der Waals surface area contributed by atoms with Crippen LogP contribution in [0.25, 0.3) is 5.69 Å². The maximum absolute atomic E-state index is 12.7. The van der Waals surface area contributed by atoms with Crippen LogP contribution in [0.2, 0.25) is 0 Å². The van der Waals surface area contributed by atoms with E-state index in [1.54, 1.807) is 31.2 Å². The van der Waals surface area contributed by atoms with Crippen molar-refractivity contribution in [3.8, 4) is 11.6 Å². The monoisotopic (exact) mass is 430 g/mol. The number of aromatic nitrogens is 4. The van der Waals surface area contributed by atoms with Crippen molar-refractivity contribution in [1.82, 2.24) is 20.0 Å². The van der Waals surface area contributed by atoms with E-state index in [2.05, 4.69) is 20.6 Å². The molecule has 1 N–H and O–H groups in total. The van der Waals surface area contributed by atoms with Gasteiger partial charge in [0.05, 0.1) is 28.2 Å². The standard InChI is InChI=1S/C22H18N6O4/c1-15-21(25-26-27(15)18-8-5-9-19(12-18)28(30)31)22(29)24-17-10-11-20(23-13-17)32-14-16-6-3-2-4-7-16/h2-13H,14H2,1H3,(H,24,29). The van der Waals surface area contributed by atoms with Crippen LogP contribution in [0.1, 0.15) is 21.7 Å². The molecule has 0 radical (unpaired) electrons. The van der Waals surface area contributed by atoms with Crippen LogP contribution < -0.4 is 10.1 Å². The smallest absolute Gasteiger partial charge is 0.278 e. The number of anilines is 1. The van der Waals surface area contributed by atoms with E-state index in [4.69, 9.17) is 4.74 Å². The highest BCUT2D eigenvalue weighted by molar-refractivity contribution is 6.03. The van der Waals surface area contributed by atoms with Crippen LogP contribution in [0.5, 0.6) is 5.88 Å². The molecule has 0 fully saturated rings. The maximum atomic E-state index is 12.7. The second-order valence-electron chi connectivity index (χ2n) is 6.83. The molecule has 160 valence electrons. The second-order valence-corrected chi connectivity index (χ2v) is 6.83. The summed E-state index contributed by atoms with van der Waals surface area (Å²) < 4.78 is 7.01. The average Bonchev–Trinajstić information content (AvgIpc) is 3.21. The predicted octanol–water partition coefficient (Wildman–Crippen LogP) is 3.71. The van der Waals surface area contributed by atoms with E-state index < -0.39 is 10.8 Å². The summed E-state index contributed by atoms with van der Waals surface area (Å²) in [6.07, 6.45) is 1.48. The number of rotatable bonds is 7. The van der Waals surface area contributed by atoms with E-state index in [1.165, 1.54) is 23.0 Å². The predicted molar refractivity (Wildman–Crippen MR) is 116 cm³/mol. The lowest BCUT2D eigenvalue weighted by Crippen LogP contribution is -2.14. The molecule has 0 bridgehead atoms. The molecular weight excluding hydrogens is 412 g/mol. The summed E-state index contributed by atoms with van der Waals surface area (Å²) in [5, 5.41) is 21.6. The van der Waals surface area contributed by atoms with Gasteiger partial charge in [-0.15, -0.1) is 5.10 Å². The highest BCUT2D eigenvalue weighted by Gasteiger charge is 2.19. The molecule has 2 aromatic carbocycles. The summed E-state index contributed by atoms with van der Waals surface area (Å²) in [6.45, 7) is 2.05. The minimum atomic E-state index is -0.496. The Hall–Kier alpha value is -4.60. The first-order valence-corrected chi connectivity index (χ1v) is 9.62. The zero-order valence-electron chi connectivity index (χ0n) is 17.0. The molecule has 1 amide bonds. The normalized spacial score (nSPS) is 10.5. The molecule has 10 heteroatoms. The largest absolute Gasteiger partial charge is 0.473 e. The van der Waals surface area contributed by atoms with Crippen molar-refractivity contribution in [2.75, 3.05) is 5.32 Å².